The zero-order valence-corrected chi connectivity index (χ0v) is 10.1. The summed E-state index contributed by atoms with van der Waals surface area (Å²) in [5.41, 5.74) is 5.62. The second kappa shape index (κ2) is 5.63. The van der Waals surface area contributed by atoms with Gasteiger partial charge in [0.25, 0.3) is 0 Å². The van der Waals surface area contributed by atoms with Crippen LogP contribution in [-0.2, 0) is 10.3 Å². The molecule has 0 amide bonds. The first-order valence-corrected chi connectivity index (χ1v) is 6.34. The Labute approximate surface area is 103 Å². The third-order valence-corrected chi connectivity index (χ3v) is 3.57. The molecule has 0 spiro atoms. The fourth-order valence-electron chi connectivity index (χ4n) is 2.04. The third kappa shape index (κ3) is 3.06. The maximum Gasteiger partial charge on any atom is 0.104 e. The Morgan fingerprint density at radius 1 is 1.29 bits per heavy atom. The van der Waals surface area contributed by atoms with Gasteiger partial charge in [0.2, 0.25) is 0 Å². The second-order valence-electron chi connectivity index (χ2n) is 4.78. The van der Waals surface area contributed by atoms with Crippen LogP contribution in [0.4, 0.5) is 0 Å². The van der Waals surface area contributed by atoms with Crippen LogP contribution in [0.1, 0.15) is 31.2 Å². The van der Waals surface area contributed by atoms with Gasteiger partial charge in [0.05, 0.1) is 12.7 Å². The molecule has 3 N–H and O–H groups in total. The van der Waals surface area contributed by atoms with E-state index in [1.54, 1.807) is 0 Å². The Morgan fingerprint density at radius 3 is 2.53 bits per heavy atom. The summed E-state index contributed by atoms with van der Waals surface area (Å²) < 4.78 is 5.68. The number of nitrogens with two attached hydrogens (primary N) is 1. The van der Waals surface area contributed by atoms with Crippen LogP contribution >= 0.6 is 0 Å². The van der Waals surface area contributed by atoms with Crippen molar-refractivity contribution in [3.05, 3.63) is 35.9 Å². The molecule has 0 bridgehead atoms. The summed E-state index contributed by atoms with van der Waals surface area (Å²) in [6.45, 7) is 0.804. The van der Waals surface area contributed by atoms with Gasteiger partial charge >= 0.3 is 0 Å². The largest absolute Gasteiger partial charge is 0.384 e. The van der Waals surface area contributed by atoms with Crippen LogP contribution in [0, 0.1) is 0 Å². The molecule has 1 unspecified atom stereocenters. The predicted molar refractivity (Wildman–Crippen MR) is 67.6 cm³/mol. The highest BCUT2D eigenvalue weighted by atomic mass is 16.5. The Hall–Kier alpha value is -0.900. The van der Waals surface area contributed by atoms with Crippen molar-refractivity contribution in [2.45, 2.75) is 37.4 Å². The van der Waals surface area contributed by atoms with E-state index in [-0.39, 0.29) is 6.54 Å². The molecule has 1 fully saturated rings. The molecule has 0 saturated heterocycles. The molecular formula is C14H21NO2. The van der Waals surface area contributed by atoms with E-state index in [0.29, 0.717) is 19.1 Å². The van der Waals surface area contributed by atoms with Crippen LogP contribution in [0.3, 0.4) is 0 Å². The summed E-state index contributed by atoms with van der Waals surface area (Å²) >= 11 is 0. The van der Waals surface area contributed by atoms with E-state index in [1.807, 2.05) is 30.3 Å². The molecule has 94 valence electrons. The highest BCUT2D eigenvalue weighted by molar-refractivity contribution is 5.22. The summed E-state index contributed by atoms with van der Waals surface area (Å²) in [4.78, 5) is 0. The van der Waals surface area contributed by atoms with E-state index < -0.39 is 5.60 Å². The lowest BCUT2D eigenvalue weighted by atomic mass is 9.90. The number of aliphatic hydroxyl groups is 1. The summed E-state index contributed by atoms with van der Waals surface area (Å²) in [5.74, 6) is 0. The van der Waals surface area contributed by atoms with Gasteiger partial charge in [0.1, 0.15) is 5.60 Å². The normalized spacial score (nSPS) is 19.6. The topological polar surface area (TPSA) is 55.5 Å². The Balaban J connectivity index is 1.89. The minimum Gasteiger partial charge on any atom is -0.384 e. The van der Waals surface area contributed by atoms with Gasteiger partial charge in [0.15, 0.2) is 0 Å². The number of ether oxygens (including phenoxy) is 1. The van der Waals surface area contributed by atoms with Crippen molar-refractivity contribution in [1.29, 1.82) is 0 Å². The van der Waals surface area contributed by atoms with Crippen molar-refractivity contribution in [2.24, 2.45) is 5.73 Å². The minimum atomic E-state index is -0.953. The van der Waals surface area contributed by atoms with Crippen molar-refractivity contribution in [3.8, 4) is 0 Å². The lowest BCUT2D eigenvalue weighted by Gasteiger charge is -2.30. The zero-order valence-electron chi connectivity index (χ0n) is 10.1. The van der Waals surface area contributed by atoms with E-state index in [1.165, 1.54) is 6.42 Å². The molecule has 1 aliphatic rings. The van der Waals surface area contributed by atoms with Gasteiger partial charge in [-0.1, -0.05) is 30.3 Å². The molecule has 3 nitrogen and oxygen atoms in total. The van der Waals surface area contributed by atoms with Crippen LogP contribution in [0.5, 0.6) is 0 Å². The smallest absolute Gasteiger partial charge is 0.104 e. The average Bonchev–Trinajstić information content (AvgIpc) is 2.33. The SMILES string of the molecule is NCC(O)(CCOC1CCC1)c1ccccc1. The van der Waals surface area contributed by atoms with E-state index in [9.17, 15) is 5.11 Å². The van der Waals surface area contributed by atoms with Crippen LogP contribution < -0.4 is 5.73 Å². The first kappa shape index (κ1) is 12.6. The molecular weight excluding hydrogens is 214 g/mol. The molecule has 1 aromatic rings. The molecule has 1 saturated carbocycles. The molecule has 0 radical (unpaired) electrons. The molecule has 1 aliphatic carbocycles. The van der Waals surface area contributed by atoms with E-state index >= 15 is 0 Å². The van der Waals surface area contributed by atoms with E-state index in [4.69, 9.17) is 10.5 Å². The number of rotatable bonds is 6. The van der Waals surface area contributed by atoms with E-state index in [2.05, 4.69) is 0 Å². The lowest BCUT2D eigenvalue weighted by molar-refractivity contribution is -0.0415. The Morgan fingerprint density at radius 2 is 2.00 bits per heavy atom. The predicted octanol–water partition coefficient (Wildman–Crippen LogP) is 1.79. The van der Waals surface area contributed by atoms with Gasteiger partial charge in [-0.2, -0.15) is 0 Å². The molecule has 0 heterocycles. The summed E-state index contributed by atoms with van der Waals surface area (Å²) in [6, 6.07) is 9.60. The van der Waals surface area contributed by atoms with Crippen LogP contribution in [0.2, 0.25) is 0 Å². The van der Waals surface area contributed by atoms with Crippen LogP contribution in [0.25, 0.3) is 0 Å². The fourth-order valence-corrected chi connectivity index (χ4v) is 2.04. The van der Waals surface area contributed by atoms with E-state index in [0.717, 1.165) is 18.4 Å². The van der Waals surface area contributed by atoms with Crippen molar-refractivity contribution < 1.29 is 9.84 Å². The highest BCUT2D eigenvalue weighted by Crippen LogP contribution is 2.26. The zero-order chi connectivity index (χ0) is 12.1. The number of benzene rings is 1. The minimum absolute atomic E-state index is 0.227. The quantitative estimate of drug-likeness (QED) is 0.790. The summed E-state index contributed by atoms with van der Waals surface area (Å²) in [5, 5.41) is 10.5. The molecule has 0 aliphatic heterocycles. The Bertz CT molecular complexity index is 337. The van der Waals surface area contributed by atoms with Crippen molar-refractivity contribution >= 4 is 0 Å². The second-order valence-corrected chi connectivity index (χ2v) is 4.78. The summed E-state index contributed by atoms with van der Waals surface area (Å²) in [7, 11) is 0. The fraction of sp³-hybridized carbons (Fsp3) is 0.571. The summed E-state index contributed by atoms with van der Waals surface area (Å²) in [6.07, 6.45) is 4.56. The molecule has 0 aromatic heterocycles. The van der Waals surface area contributed by atoms with Crippen molar-refractivity contribution in [2.75, 3.05) is 13.2 Å². The molecule has 1 atom stereocenters. The van der Waals surface area contributed by atoms with Crippen molar-refractivity contribution in [1.82, 2.24) is 0 Å². The molecule has 17 heavy (non-hydrogen) atoms. The van der Waals surface area contributed by atoms with Gasteiger partial charge in [-0.15, -0.1) is 0 Å². The van der Waals surface area contributed by atoms with Crippen LogP contribution in [0.15, 0.2) is 30.3 Å². The molecule has 2 rings (SSSR count). The third-order valence-electron chi connectivity index (χ3n) is 3.57. The number of hydrogen-bond donors (Lipinski definition) is 2. The highest BCUT2D eigenvalue weighted by Gasteiger charge is 2.28. The first-order chi connectivity index (χ1) is 8.24. The molecule has 3 heteroatoms. The first-order valence-electron chi connectivity index (χ1n) is 6.34. The van der Waals surface area contributed by atoms with Gasteiger partial charge in [-0.3, -0.25) is 0 Å². The maximum atomic E-state index is 10.5. The van der Waals surface area contributed by atoms with Gasteiger partial charge in [0, 0.05) is 13.0 Å². The monoisotopic (exact) mass is 235 g/mol. The van der Waals surface area contributed by atoms with Gasteiger partial charge in [-0.25, -0.2) is 0 Å². The molecule has 1 aromatic carbocycles. The maximum absolute atomic E-state index is 10.5. The van der Waals surface area contributed by atoms with Crippen molar-refractivity contribution in [3.63, 3.8) is 0 Å². The number of hydrogen-bond acceptors (Lipinski definition) is 3. The average molecular weight is 235 g/mol. The Kier molecular flexibility index (Phi) is 4.15. The lowest BCUT2D eigenvalue weighted by Crippen LogP contribution is -2.37. The van der Waals surface area contributed by atoms with Crippen LogP contribution in [-0.4, -0.2) is 24.4 Å². The van der Waals surface area contributed by atoms with Gasteiger partial charge in [-0.05, 0) is 24.8 Å². The standard InChI is InChI=1S/C14H21NO2/c15-11-14(16,12-5-2-1-3-6-12)9-10-17-13-7-4-8-13/h1-3,5-6,13,16H,4,7-11,15H2. The van der Waals surface area contributed by atoms with Gasteiger partial charge < -0.3 is 15.6 Å².